The van der Waals surface area contributed by atoms with Gasteiger partial charge in [0, 0.05) is 23.2 Å². The molecule has 1 aromatic rings. The molecule has 0 bridgehead atoms. The van der Waals surface area contributed by atoms with Crippen molar-refractivity contribution in [1.82, 2.24) is 5.32 Å². The molecular weight excluding hydrogens is 367 g/mol. The van der Waals surface area contributed by atoms with Crippen LogP contribution in [-0.4, -0.2) is 38.6 Å². The van der Waals surface area contributed by atoms with Crippen molar-refractivity contribution in [2.24, 2.45) is 5.92 Å². The molecule has 3 atom stereocenters. The van der Waals surface area contributed by atoms with Gasteiger partial charge in [0.15, 0.2) is 0 Å². The Morgan fingerprint density at radius 1 is 1.11 bits per heavy atom. The van der Waals surface area contributed by atoms with Gasteiger partial charge in [0.25, 0.3) is 0 Å². The number of esters is 2. The van der Waals surface area contributed by atoms with Gasteiger partial charge >= 0.3 is 18.3 Å². The third-order valence-electron chi connectivity index (χ3n) is 4.42. The second kappa shape index (κ2) is 7.89. The second-order valence-corrected chi connectivity index (χ2v) is 6.08. The van der Waals surface area contributed by atoms with Crippen LogP contribution in [0.4, 0.5) is 13.2 Å². The van der Waals surface area contributed by atoms with Crippen LogP contribution < -0.4 is 10.1 Å². The summed E-state index contributed by atoms with van der Waals surface area (Å²) in [4.78, 5) is 24.8. The van der Waals surface area contributed by atoms with E-state index < -0.39 is 41.9 Å². The lowest BCUT2D eigenvalue weighted by Crippen LogP contribution is -2.47. The third-order valence-corrected chi connectivity index (χ3v) is 4.42. The SMILES string of the molecule is COC(=O)C1=C(C)NC(C)C(C(=O)OC)C1c1ccccc1OC(F)(F)F. The number of para-hydroxylation sites is 1. The van der Waals surface area contributed by atoms with Crippen LogP contribution in [0.5, 0.6) is 5.75 Å². The molecule has 0 aliphatic carbocycles. The van der Waals surface area contributed by atoms with E-state index in [2.05, 4.69) is 10.1 Å². The number of carbonyl (C=O) groups excluding carboxylic acids is 2. The number of rotatable bonds is 4. The van der Waals surface area contributed by atoms with E-state index >= 15 is 0 Å². The van der Waals surface area contributed by atoms with Crippen LogP contribution in [0.25, 0.3) is 0 Å². The maximum Gasteiger partial charge on any atom is 0.573 e. The predicted octanol–water partition coefficient (Wildman–Crippen LogP) is 2.90. The molecule has 2 rings (SSSR count). The highest BCUT2D eigenvalue weighted by Crippen LogP contribution is 2.44. The molecule has 0 saturated carbocycles. The van der Waals surface area contributed by atoms with Crippen molar-refractivity contribution in [3.05, 3.63) is 41.1 Å². The topological polar surface area (TPSA) is 73.9 Å². The third kappa shape index (κ3) is 4.35. The molecule has 6 nitrogen and oxygen atoms in total. The average Bonchev–Trinajstić information content (AvgIpc) is 2.59. The Bertz CT molecular complexity index is 760. The molecule has 1 aromatic carbocycles. The first-order chi connectivity index (χ1) is 12.6. The quantitative estimate of drug-likeness (QED) is 0.801. The monoisotopic (exact) mass is 387 g/mol. The number of benzene rings is 1. The minimum absolute atomic E-state index is 0.0401. The number of halogens is 3. The second-order valence-electron chi connectivity index (χ2n) is 6.08. The molecule has 0 radical (unpaired) electrons. The highest BCUT2D eigenvalue weighted by Gasteiger charge is 2.46. The minimum Gasteiger partial charge on any atom is -0.469 e. The molecule has 0 spiro atoms. The highest BCUT2D eigenvalue weighted by atomic mass is 19.4. The van der Waals surface area contributed by atoms with Gasteiger partial charge in [-0.1, -0.05) is 18.2 Å². The molecule has 1 aliphatic rings. The van der Waals surface area contributed by atoms with E-state index in [1.54, 1.807) is 13.8 Å². The fourth-order valence-corrected chi connectivity index (χ4v) is 3.38. The summed E-state index contributed by atoms with van der Waals surface area (Å²) in [5.74, 6) is -3.93. The fraction of sp³-hybridized carbons (Fsp3) is 0.444. The molecule has 1 N–H and O–H groups in total. The zero-order chi connectivity index (χ0) is 20.4. The van der Waals surface area contributed by atoms with E-state index in [1.807, 2.05) is 0 Å². The highest BCUT2D eigenvalue weighted by molar-refractivity contribution is 5.93. The van der Waals surface area contributed by atoms with E-state index in [9.17, 15) is 22.8 Å². The normalized spacial score (nSPS) is 22.7. The Morgan fingerprint density at radius 3 is 2.30 bits per heavy atom. The first-order valence-corrected chi connectivity index (χ1v) is 8.08. The molecule has 1 aliphatic heterocycles. The van der Waals surface area contributed by atoms with E-state index in [0.29, 0.717) is 5.70 Å². The van der Waals surface area contributed by atoms with Crippen molar-refractivity contribution in [1.29, 1.82) is 0 Å². The number of allylic oxidation sites excluding steroid dienone is 1. The lowest BCUT2D eigenvalue weighted by Gasteiger charge is -2.38. The van der Waals surface area contributed by atoms with Crippen LogP contribution in [0.3, 0.4) is 0 Å². The van der Waals surface area contributed by atoms with Gasteiger partial charge in [-0.25, -0.2) is 4.79 Å². The number of hydrogen-bond acceptors (Lipinski definition) is 6. The minimum atomic E-state index is -4.93. The Balaban J connectivity index is 2.71. The lowest BCUT2D eigenvalue weighted by molar-refractivity contribution is -0.275. The standard InChI is InChI=1S/C18H20F3NO5/c1-9-13(16(23)25-3)15(14(10(2)22-9)17(24)26-4)11-7-5-6-8-12(11)27-18(19,20)21/h5-9,13,15,22H,1-4H3. The van der Waals surface area contributed by atoms with E-state index in [-0.39, 0.29) is 11.1 Å². The largest absolute Gasteiger partial charge is 0.573 e. The van der Waals surface area contributed by atoms with Crippen LogP contribution in [0.15, 0.2) is 35.5 Å². The van der Waals surface area contributed by atoms with Gasteiger partial charge in [0.2, 0.25) is 0 Å². The maximum absolute atomic E-state index is 12.9. The van der Waals surface area contributed by atoms with Crippen LogP contribution in [0, 0.1) is 5.92 Å². The number of ether oxygens (including phenoxy) is 3. The van der Waals surface area contributed by atoms with Crippen molar-refractivity contribution in [3.63, 3.8) is 0 Å². The molecule has 1 heterocycles. The summed E-state index contributed by atoms with van der Waals surface area (Å²) in [5.41, 5.74) is 0.490. The molecular formula is C18H20F3NO5. The van der Waals surface area contributed by atoms with E-state index in [0.717, 1.165) is 13.2 Å². The van der Waals surface area contributed by atoms with Crippen molar-refractivity contribution in [2.45, 2.75) is 32.2 Å². The van der Waals surface area contributed by atoms with E-state index in [4.69, 9.17) is 9.47 Å². The van der Waals surface area contributed by atoms with Crippen molar-refractivity contribution >= 4 is 11.9 Å². The summed E-state index contributed by atoms with van der Waals surface area (Å²) in [6.45, 7) is 3.27. The Morgan fingerprint density at radius 2 is 1.74 bits per heavy atom. The zero-order valence-electron chi connectivity index (χ0n) is 15.2. The molecule has 0 fully saturated rings. The molecule has 9 heteroatoms. The molecule has 3 unspecified atom stereocenters. The van der Waals surface area contributed by atoms with Crippen molar-refractivity contribution < 1.29 is 37.0 Å². The van der Waals surface area contributed by atoms with Crippen molar-refractivity contribution in [3.8, 4) is 5.75 Å². The maximum atomic E-state index is 12.9. The fourth-order valence-electron chi connectivity index (χ4n) is 3.38. The van der Waals surface area contributed by atoms with Crippen LogP contribution in [-0.2, 0) is 19.1 Å². The van der Waals surface area contributed by atoms with Gasteiger partial charge < -0.3 is 19.5 Å². The summed E-state index contributed by atoms with van der Waals surface area (Å²) in [7, 11) is 2.33. The van der Waals surface area contributed by atoms with Gasteiger partial charge in [-0.3, -0.25) is 4.79 Å². The molecule has 0 aromatic heterocycles. The molecule has 0 amide bonds. The van der Waals surface area contributed by atoms with E-state index in [1.165, 1.54) is 25.3 Å². The van der Waals surface area contributed by atoms with Gasteiger partial charge in [-0.15, -0.1) is 13.2 Å². The Labute approximate surface area is 154 Å². The molecule has 27 heavy (non-hydrogen) atoms. The smallest absolute Gasteiger partial charge is 0.469 e. The van der Waals surface area contributed by atoms with Crippen LogP contribution in [0.1, 0.15) is 25.3 Å². The summed E-state index contributed by atoms with van der Waals surface area (Å²) in [6.07, 6.45) is -4.93. The van der Waals surface area contributed by atoms with Gasteiger partial charge in [0.1, 0.15) is 5.75 Å². The Kier molecular flexibility index (Phi) is 6.02. The number of carbonyl (C=O) groups is 2. The predicted molar refractivity (Wildman–Crippen MR) is 88.7 cm³/mol. The summed E-state index contributed by atoms with van der Waals surface area (Å²) in [6, 6.07) is 4.89. The lowest BCUT2D eigenvalue weighted by atomic mass is 9.73. The summed E-state index contributed by atoms with van der Waals surface area (Å²) in [5, 5.41) is 2.99. The zero-order valence-corrected chi connectivity index (χ0v) is 15.2. The van der Waals surface area contributed by atoms with Crippen LogP contribution >= 0.6 is 0 Å². The first kappa shape index (κ1) is 20.6. The number of methoxy groups -OCH3 is 2. The number of alkyl halides is 3. The molecule has 0 saturated heterocycles. The summed E-state index contributed by atoms with van der Waals surface area (Å²) >= 11 is 0. The van der Waals surface area contributed by atoms with Gasteiger partial charge in [-0.2, -0.15) is 0 Å². The molecule has 148 valence electrons. The average molecular weight is 387 g/mol. The van der Waals surface area contributed by atoms with Gasteiger partial charge in [-0.05, 0) is 19.9 Å². The van der Waals surface area contributed by atoms with Crippen molar-refractivity contribution in [2.75, 3.05) is 14.2 Å². The number of hydrogen-bond donors (Lipinski definition) is 1. The number of nitrogens with one attached hydrogen (secondary N) is 1. The first-order valence-electron chi connectivity index (χ1n) is 8.08. The van der Waals surface area contributed by atoms with Crippen LogP contribution in [0.2, 0.25) is 0 Å². The van der Waals surface area contributed by atoms with Gasteiger partial charge in [0.05, 0.1) is 25.7 Å². The summed E-state index contributed by atoms with van der Waals surface area (Å²) < 4.78 is 52.3. The Hall–Kier alpha value is -2.71.